The summed E-state index contributed by atoms with van der Waals surface area (Å²) in [6.45, 7) is 3.71. The zero-order chi connectivity index (χ0) is 9.31. The largest absolute Gasteiger partial charge is 0.388 e. The first kappa shape index (κ1) is 9.00. The number of hydrogen-bond acceptors (Lipinski definition) is 2. The van der Waals surface area contributed by atoms with Gasteiger partial charge >= 0.3 is 0 Å². The van der Waals surface area contributed by atoms with E-state index in [9.17, 15) is 0 Å². The first-order valence-corrected chi connectivity index (χ1v) is 5.26. The highest BCUT2D eigenvalue weighted by molar-refractivity contribution is 5.78. The molecule has 0 aromatic heterocycles. The lowest BCUT2D eigenvalue weighted by atomic mass is 10.0. The fourth-order valence-corrected chi connectivity index (χ4v) is 2.39. The zero-order valence-electron chi connectivity index (χ0n) is 8.18. The summed E-state index contributed by atoms with van der Waals surface area (Å²) >= 11 is 0. The van der Waals surface area contributed by atoms with Gasteiger partial charge in [-0.3, -0.25) is 5.41 Å². The molecule has 3 nitrogen and oxygen atoms in total. The predicted molar refractivity (Wildman–Crippen MR) is 53.9 cm³/mol. The molecule has 3 N–H and O–H groups in total. The summed E-state index contributed by atoms with van der Waals surface area (Å²) < 4.78 is 0. The van der Waals surface area contributed by atoms with Gasteiger partial charge in [0.25, 0.3) is 0 Å². The van der Waals surface area contributed by atoms with E-state index in [2.05, 4.69) is 4.90 Å². The third kappa shape index (κ3) is 2.21. The third-order valence-electron chi connectivity index (χ3n) is 3.28. The fraction of sp³-hybridized carbons (Fsp3) is 0.900. The van der Waals surface area contributed by atoms with Crippen molar-refractivity contribution < 1.29 is 0 Å². The van der Waals surface area contributed by atoms with E-state index in [1.807, 2.05) is 0 Å². The van der Waals surface area contributed by atoms with E-state index in [4.69, 9.17) is 11.1 Å². The lowest BCUT2D eigenvalue weighted by Crippen LogP contribution is -2.30. The van der Waals surface area contributed by atoms with Gasteiger partial charge in [-0.2, -0.15) is 0 Å². The monoisotopic (exact) mass is 181 g/mol. The van der Waals surface area contributed by atoms with Crippen LogP contribution in [-0.2, 0) is 0 Å². The number of rotatable bonds is 4. The normalized spacial score (nSPS) is 26.2. The molecule has 0 atom stereocenters. The smallest absolute Gasteiger partial charge is 0.0911 e. The second-order valence-electron chi connectivity index (χ2n) is 4.69. The molecule has 0 aromatic rings. The number of amidine groups is 1. The Bertz CT molecular complexity index is 202. The minimum absolute atomic E-state index is 0.372. The van der Waals surface area contributed by atoms with Crippen molar-refractivity contribution in [2.75, 3.05) is 19.6 Å². The number of likely N-dealkylation sites (tertiary alicyclic amines) is 1. The van der Waals surface area contributed by atoms with Gasteiger partial charge in [-0.1, -0.05) is 0 Å². The lowest BCUT2D eigenvalue weighted by Gasteiger charge is -2.22. The van der Waals surface area contributed by atoms with E-state index in [1.165, 1.54) is 45.3 Å². The van der Waals surface area contributed by atoms with Gasteiger partial charge < -0.3 is 10.6 Å². The highest BCUT2D eigenvalue weighted by atomic mass is 15.1. The molecule has 1 heterocycles. The molecular weight excluding hydrogens is 162 g/mol. The molecule has 0 amide bonds. The van der Waals surface area contributed by atoms with Gasteiger partial charge in [0.2, 0.25) is 0 Å². The Balaban J connectivity index is 1.82. The summed E-state index contributed by atoms with van der Waals surface area (Å²) in [5.41, 5.74) is 5.87. The summed E-state index contributed by atoms with van der Waals surface area (Å²) in [4.78, 5) is 2.54. The minimum Gasteiger partial charge on any atom is -0.388 e. The second-order valence-corrected chi connectivity index (χ2v) is 4.69. The maximum atomic E-state index is 7.32. The Morgan fingerprint density at radius 1 is 1.31 bits per heavy atom. The topological polar surface area (TPSA) is 53.1 Å². The van der Waals surface area contributed by atoms with Gasteiger partial charge in [-0.15, -0.1) is 0 Å². The predicted octanol–water partition coefficient (Wildman–Crippen LogP) is 1.19. The molecule has 0 spiro atoms. The SMILES string of the molecule is N=C(N)CC1(CN2CCCC2)CC1. The molecule has 74 valence electrons. The molecule has 0 aromatic carbocycles. The first-order chi connectivity index (χ1) is 6.20. The van der Waals surface area contributed by atoms with Crippen LogP contribution < -0.4 is 5.73 Å². The first-order valence-electron chi connectivity index (χ1n) is 5.26. The molecular formula is C10H19N3. The number of nitrogens with one attached hydrogen (secondary N) is 1. The molecule has 0 radical (unpaired) electrons. The summed E-state index contributed by atoms with van der Waals surface area (Å²) in [5, 5.41) is 7.32. The van der Waals surface area contributed by atoms with Gasteiger partial charge in [-0.25, -0.2) is 0 Å². The minimum atomic E-state index is 0.372. The Hall–Kier alpha value is -0.570. The third-order valence-corrected chi connectivity index (χ3v) is 3.28. The highest BCUT2D eigenvalue weighted by Crippen LogP contribution is 2.49. The van der Waals surface area contributed by atoms with Crippen LogP contribution in [0.3, 0.4) is 0 Å². The molecule has 2 fully saturated rings. The van der Waals surface area contributed by atoms with Crippen LogP contribution >= 0.6 is 0 Å². The van der Waals surface area contributed by atoms with Crippen molar-refractivity contribution >= 4 is 5.84 Å². The lowest BCUT2D eigenvalue weighted by molar-refractivity contribution is 0.267. The van der Waals surface area contributed by atoms with E-state index in [0.717, 1.165) is 6.42 Å². The van der Waals surface area contributed by atoms with E-state index in [1.54, 1.807) is 0 Å². The molecule has 1 saturated carbocycles. The van der Waals surface area contributed by atoms with Crippen LogP contribution in [0.5, 0.6) is 0 Å². The number of hydrogen-bond donors (Lipinski definition) is 2. The maximum Gasteiger partial charge on any atom is 0.0911 e. The molecule has 2 aliphatic rings. The van der Waals surface area contributed by atoms with Crippen molar-refractivity contribution in [1.29, 1.82) is 5.41 Å². The number of nitrogens with zero attached hydrogens (tertiary/aromatic N) is 1. The van der Waals surface area contributed by atoms with Gasteiger partial charge in [0, 0.05) is 13.0 Å². The quantitative estimate of drug-likeness (QED) is 0.505. The molecule has 1 aliphatic heterocycles. The van der Waals surface area contributed by atoms with Crippen LogP contribution in [0.15, 0.2) is 0 Å². The molecule has 2 rings (SSSR count). The molecule has 3 heteroatoms. The molecule has 1 aliphatic carbocycles. The van der Waals surface area contributed by atoms with Crippen molar-refractivity contribution in [3.63, 3.8) is 0 Å². The Morgan fingerprint density at radius 2 is 1.92 bits per heavy atom. The van der Waals surface area contributed by atoms with Crippen LogP contribution in [0, 0.1) is 10.8 Å². The van der Waals surface area contributed by atoms with Gasteiger partial charge in [0.05, 0.1) is 5.84 Å². The Labute approximate surface area is 79.8 Å². The summed E-state index contributed by atoms with van der Waals surface area (Å²) in [5.74, 6) is 0.372. The van der Waals surface area contributed by atoms with Gasteiger partial charge in [-0.05, 0) is 44.2 Å². The van der Waals surface area contributed by atoms with E-state index < -0.39 is 0 Å². The molecule has 1 saturated heterocycles. The van der Waals surface area contributed by atoms with Crippen molar-refractivity contribution in [2.45, 2.75) is 32.1 Å². The van der Waals surface area contributed by atoms with Crippen molar-refractivity contribution in [3.8, 4) is 0 Å². The van der Waals surface area contributed by atoms with Crippen LogP contribution in [0.1, 0.15) is 32.1 Å². The van der Waals surface area contributed by atoms with Crippen molar-refractivity contribution in [2.24, 2.45) is 11.1 Å². The van der Waals surface area contributed by atoms with Crippen LogP contribution in [-0.4, -0.2) is 30.4 Å². The zero-order valence-corrected chi connectivity index (χ0v) is 8.18. The average molecular weight is 181 g/mol. The van der Waals surface area contributed by atoms with Gasteiger partial charge in [0.1, 0.15) is 0 Å². The Morgan fingerprint density at radius 3 is 2.38 bits per heavy atom. The summed E-state index contributed by atoms with van der Waals surface area (Å²) in [6.07, 6.45) is 6.10. The maximum absolute atomic E-state index is 7.32. The van der Waals surface area contributed by atoms with Crippen LogP contribution in [0.4, 0.5) is 0 Å². The van der Waals surface area contributed by atoms with Crippen molar-refractivity contribution in [3.05, 3.63) is 0 Å². The summed E-state index contributed by atoms with van der Waals surface area (Å²) in [6, 6.07) is 0. The van der Waals surface area contributed by atoms with E-state index in [-0.39, 0.29) is 0 Å². The van der Waals surface area contributed by atoms with E-state index in [0.29, 0.717) is 11.3 Å². The average Bonchev–Trinajstić information content (AvgIpc) is 2.61. The fourth-order valence-electron chi connectivity index (χ4n) is 2.39. The van der Waals surface area contributed by atoms with Crippen molar-refractivity contribution in [1.82, 2.24) is 4.90 Å². The standard InChI is InChI=1S/C10H19N3/c11-9(12)7-10(3-4-10)8-13-5-1-2-6-13/h1-8H2,(H3,11,12). The molecule has 13 heavy (non-hydrogen) atoms. The van der Waals surface area contributed by atoms with E-state index >= 15 is 0 Å². The van der Waals surface area contributed by atoms with Gasteiger partial charge in [0.15, 0.2) is 0 Å². The molecule has 0 bridgehead atoms. The highest BCUT2D eigenvalue weighted by Gasteiger charge is 2.44. The number of nitrogens with two attached hydrogens (primary N) is 1. The van der Waals surface area contributed by atoms with Crippen LogP contribution in [0.2, 0.25) is 0 Å². The molecule has 0 unspecified atom stereocenters. The summed E-state index contributed by atoms with van der Waals surface area (Å²) in [7, 11) is 0. The Kier molecular flexibility index (Phi) is 2.28. The second kappa shape index (κ2) is 3.29. The van der Waals surface area contributed by atoms with Crippen LogP contribution in [0.25, 0.3) is 0 Å².